The van der Waals surface area contributed by atoms with E-state index in [2.05, 4.69) is 5.32 Å². The number of urea groups is 1. The number of amides is 2. The fourth-order valence-electron chi connectivity index (χ4n) is 2.81. The van der Waals surface area contributed by atoms with Crippen LogP contribution in [0.25, 0.3) is 0 Å². The minimum atomic E-state index is -4.45. The van der Waals surface area contributed by atoms with E-state index in [0.717, 1.165) is 12.1 Å². The van der Waals surface area contributed by atoms with Crippen LogP contribution in [0.2, 0.25) is 0 Å². The van der Waals surface area contributed by atoms with E-state index < -0.39 is 23.4 Å². The summed E-state index contributed by atoms with van der Waals surface area (Å²) >= 11 is 0. The van der Waals surface area contributed by atoms with Gasteiger partial charge < -0.3 is 15.3 Å². The molecule has 1 fully saturated rings. The number of nitrogens with zero attached hydrogens (tertiary/aromatic N) is 1. The molecule has 2 amide bonds. The molecule has 7 heteroatoms. The number of hydrogen-bond acceptors (Lipinski definition) is 2. The number of rotatable bonds is 1. The molecule has 1 aliphatic heterocycles. The molecule has 1 aliphatic rings. The summed E-state index contributed by atoms with van der Waals surface area (Å²) in [6.07, 6.45) is -3.58. The summed E-state index contributed by atoms with van der Waals surface area (Å²) in [5, 5.41) is 13.1. The van der Waals surface area contributed by atoms with Crippen molar-refractivity contribution in [1.82, 2.24) is 4.90 Å². The van der Waals surface area contributed by atoms with Crippen molar-refractivity contribution in [3.05, 3.63) is 29.8 Å². The van der Waals surface area contributed by atoms with Crippen LogP contribution in [-0.2, 0) is 6.18 Å². The van der Waals surface area contributed by atoms with Crippen LogP contribution in [0, 0.1) is 5.41 Å². The summed E-state index contributed by atoms with van der Waals surface area (Å²) in [6, 6.07) is 4.09. The van der Waals surface area contributed by atoms with E-state index in [1.807, 2.05) is 20.8 Å². The second-order valence-electron chi connectivity index (χ2n) is 7.28. The molecule has 0 atom stereocenters. The van der Waals surface area contributed by atoms with E-state index in [9.17, 15) is 23.1 Å². The summed E-state index contributed by atoms with van der Waals surface area (Å²) < 4.78 is 38.1. The number of piperidine rings is 1. The molecular formula is C17H23F3N2O2. The van der Waals surface area contributed by atoms with Crippen LogP contribution in [-0.4, -0.2) is 34.7 Å². The summed E-state index contributed by atoms with van der Waals surface area (Å²) in [6.45, 7) is 6.57. The zero-order valence-corrected chi connectivity index (χ0v) is 14.1. The maximum Gasteiger partial charge on any atom is 0.416 e. The SMILES string of the molecule is CC(C)(C)C1(O)CCN(C(=O)Nc2cccc(C(F)(F)F)c2)CC1. The quantitative estimate of drug-likeness (QED) is 0.805. The van der Waals surface area contributed by atoms with Gasteiger partial charge in [-0.05, 0) is 36.5 Å². The number of nitrogens with one attached hydrogen (secondary N) is 1. The van der Waals surface area contributed by atoms with Gasteiger partial charge >= 0.3 is 12.2 Å². The highest BCUT2D eigenvalue weighted by Gasteiger charge is 2.43. The van der Waals surface area contributed by atoms with Crippen molar-refractivity contribution in [3.8, 4) is 0 Å². The first-order valence-electron chi connectivity index (χ1n) is 7.88. The largest absolute Gasteiger partial charge is 0.416 e. The van der Waals surface area contributed by atoms with E-state index in [1.54, 1.807) is 0 Å². The lowest BCUT2D eigenvalue weighted by molar-refractivity contribution is -0.137. The molecule has 0 aliphatic carbocycles. The van der Waals surface area contributed by atoms with E-state index in [4.69, 9.17) is 0 Å². The van der Waals surface area contributed by atoms with Crippen LogP contribution in [0.1, 0.15) is 39.2 Å². The molecule has 0 unspecified atom stereocenters. The van der Waals surface area contributed by atoms with Gasteiger partial charge in [-0.2, -0.15) is 13.2 Å². The predicted molar refractivity (Wildman–Crippen MR) is 85.7 cm³/mol. The fourth-order valence-corrected chi connectivity index (χ4v) is 2.81. The Morgan fingerprint density at radius 1 is 1.21 bits per heavy atom. The standard InChI is InChI=1S/C17H23F3N2O2/c1-15(2,3)16(24)7-9-22(10-8-16)14(23)21-13-6-4-5-12(11-13)17(18,19)20/h4-6,11,24H,7-10H2,1-3H3,(H,21,23). The maximum absolute atomic E-state index is 12.7. The number of aliphatic hydroxyl groups is 1. The van der Waals surface area contributed by atoms with Crippen molar-refractivity contribution < 1.29 is 23.1 Å². The summed E-state index contributed by atoms with van der Waals surface area (Å²) in [5.41, 5.74) is -1.84. The second kappa shape index (κ2) is 6.27. The minimum absolute atomic E-state index is 0.103. The van der Waals surface area contributed by atoms with Gasteiger partial charge in [0.1, 0.15) is 0 Å². The van der Waals surface area contributed by atoms with Gasteiger partial charge in [0.25, 0.3) is 0 Å². The van der Waals surface area contributed by atoms with Gasteiger partial charge in [0.05, 0.1) is 11.2 Å². The van der Waals surface area contributed by atoms with Gasteiger partial charge in [0.2, 0.25) is 0 Å². The number of halogens is 3. The molecule has 4 nitrogen and oxygen atoms in total. The van der Waals surface area contributed by atoms with Gasteiger partial charge in [-0.25, -0.2) is 4.79 Å². The molecule has 1 aromatic carbocycles. The number of carbonyl (C=O) groups excluding carboxylic acids is 1. The summed E-state index contributed by atoms with van der Waals surface area (Å²) in [4.78, 5) is 13.8. The van der Waals surface area contributed by atoms with Gasteiger partial charge in [-0.15, -0.1) is 0 Å². The first-order chi connectivity index (χ1) is 10.9. The Kier molecular flexibility index (Phi) is 4.86. The van der Waals surface area contributed by atoms with E-state index in [1.165, 1.54) is 17.0 Å². The Labute approximate surface area is 139 Å². The Balaban J connectivity index is 2.00. The molecule has 2 rings (SSSR count). The van der Waals surface area contributed by atoms with Gasteiger partial charge in [-0.3, -0.25) is 0 Å². The smallest absolute Gasteiger partial charge is 0.389 e. The fraction of sp³-hybridized carbons (Fsp3) is 0.588. The topological polar surface area (TPSA) is 52.6 Å². The molecule has 0 radical (unpaired) electrons. The van der Waals surface area contributed by atoms with Crippen LogP contribution >= 0.6 is 0 Å². The molecule has 0 bridgehead atoms. The van der Waals surface area contributed by atoms with Gasteiger partial charge in [0, 0.05) is 18.8 Å². The first kappa shape index (κ1) is 18.6. The lowest BCUT2D eigenvalue weighted by Gasteiger charge is -2.46. The van der Waals surface area contributed by atoms with Crippen molar-refractivity contribution in [3.63, 3.8) is 0 Å². The molecule has 1 saturated heterocycles. The highest BCUT2D eigenvalue weighted by Crippen LogP contribution is 2.38. The highest BCUT2D eigenvalue weighted by molar-refractivity contribution is 5.89. The normalized spacial score (nSPS) is 18.4. The van der Waals surface area contributed by atoms with Crippen LogP contribution < -0.4 is 5.32 Å². The first-order valence-corrected chi connectivity index (χ1v) is 7.88. The van der Waals surface area contributed by atoms with Crippen molar-refractivity contribution >= 4 is 11.7 Å². The van der Waals surface area contributed by atoms with Crippen LogP contribution in [0.4, 0.5) is 23.7 Å². The number of alkyl halides is 3. The third kappa shape index (κ3) is 4.01. The molecule has 0 spiro atoms. The number of carbonyl (C=O) groups is 1. The average molecular weight is 344 g/mol. The van der Waals surface area contributed by atoms with Gasteiger partial charge in [-0.1, -0.05) is 26.8 Å². The van der Waals surface area contributed by atoms with E-state index in [-0.39, 0.29) is 11.1 Å². The molecule has 24 heavy (non-hydrogen) atoms. The van der Waals surface area contributed by atoms with Crippen molar-refractivity contribution in [2.24, 2.45) is 5.41 Å². The van der Waals surface area contributed by atoms with Crippen LogP contribution in [0.5, 0.6) is 0 Å². The molecule has 1 aromatic rings. The maximum atomic E-state index is 12.7. The monoisotopic (exact) mass is 344 g/mol. The Morgan fingerprint density at radius 2 is 1.79 bits per heavy atom. The molecule has 1 heterocycles. The molecule has 0 aromatic heterocycles. The third-order valence-electron chi connectivity index (χ3n) is 4.72. The molecular weight excluding hydrogens is 321 g/mol. The van der Waals surface area contributed by atoms with Gasteiger partial charge in [0.15, 0.2) is 0 Å². The van der Waals surface area contributed by atoms with Crippen LogP contribution in [0.15, 0.2) is 24.3 Å². The lowest BCUT2D eigenvalue weighted by atomic mass is 9.71. The van der Waals surface area contributed by atoms with Crippen molar-refractivity contribution in [1.29, 1.82) is 0 Å². The minimum Gasteiger partial charge on any atom is -0.389 e. The van der Waals surface area contributed by atoms with Crippen molar-refractivity contribution in [2.45, 2.75) is 45.4 Å². The zero-order valence-electron chi connectivity index (χ0n) is 14.1. The Morgan fingerprint density at radius 3 is 2.29 bits per heavy atom. The van der Waals surface area contributed by atoms with E-state index >= 15 is 0 Å². The summed E-state index contributed by atoms with van der Waals surface area (Å²) in [5.74, 6) is 0. The lowest BCUT2D eigenvalue weighted by Crippen LogP contribution is -2.53. The highest BCUT2D eigenvalue weighted by atomic mass is 19.4. The van der Waals surface area contributed by atoms with Crippen molar-refractivity contribution in [2.75, 3.05) is 18.4 Å². The molecule has 2 N–H and O–H groups in total. The number of benzene rings is 1. The van der Waals surface area contributed by atoms with Crippen LogP contribution in [0.3, 0.4) is 0 Å². The number of likely N-dealkylation sites (tertiary alicyclic amines) is 1. The number of hydrogen-bond donors (Lipinski definition) is 2. The molecule has 134 valence electrons. The Hall–Kier alpha value is -1.76. The molecule has 0 saturated carbocycles. The zero-order chi connectivity index (χ0) is 18.2. The average Bonchev–Trinajstić information content (AvgIpc) is 2.46. The van der Waals surface area contributed by atoms with E-state index in [0.29, 0.717) is 25.9 Å². The Bertz CT molecular complexity index is 601. The predicted octanol–water partition coefficient (Wildman–Crippen LogP) is 4.11. The summed E-state index contributed by atoms with van der Waals surface area (Å²) in [7, 11) is 0. The second-order valence-corrected chi connectivity index (χ2v) is 7.28. The third-order valence-corrected chi connectivity index (χ3v) is 4.72. The number of anilines is 1.